The molecule has 0 saturated heterocycles. The second-order valence-electron chi connectivity index (χ2n) is 7.39. The highest BCUT2D eigenvalue weighted by Crippen LogP contribution is 2.33. The van der Waals surface area contributed by atoms with Crippen LogP contribution < -0.4 is 20.9 Å². The van der Waals surface area contributed by atoms with Crippen LogP contribution in [-0.2, 0) is 7.05 Å². The topological polar surface area (TPSA) is 113 Å². The van der Waals surface area contributed by atoms with E-state index >= 15 is 0 Å². The van der Waals surface area contributed by atoms with Crippen LogP contribution >= 0.6 is 22.6 Å². The Morgan fingerprint density at radius 2 is 1.91 bits per heavy atom. The Morgan fingerprint density at radius 1 is 1.18 bits per heavy atom. The average Bonchev–Trinajstić information content (AvgIpc) is 2.80. The van der Waals surface area contributed by atoms with Crippen molar-refractivity contribution in [3.8, 4) is 11.5 Å². The standard InChI is InChI=1S/C23H22F2IN3O5/c1-12-15(24)4-3-5-18(12)34-19-9-20(32)29(2)22(21(19)23(33)27-10-14(31)11-30)28-17-7-6-13(26)8-16(17)25/h3-9,14,28,30-31H,10-11H2,1-2H3,(H,27,33)/t14-/m1/s1. The first-order chi connectivity index (χ1) is 16.1. The first-order valence-electron chi connectivity index (χ1n) is 10.1. The molecule has 0 aliphatic carbocycles. The molecule has 1 amide bonds. The van der Waals surface area contributed by atoms with Crippen molar-refractivity contribution in [1.82, 2.24) is 9.88 Å². The van der Waals surface area contributed by atoms with Crippen LogP contribution in [0.15, 0.2) is 47.3 Å². The monoisotopic (exact) mass is 585 g/mol. The Morgan fingerprint density at radius 3 is 2.59 bits per heavy atom. The van der Waals surface area contributed by atoms with Gasteiger partial charge in [0.1, 0.15) is 34.5 Å². The summed E-state index contributed by atoms with van der Waals surface area (Å²) in [6.45, 7) is 0.593. The molecular weight excluding hydrogens is 563 g/mol. The van der Waals surface area contributed by atoms with Gasteiger partial charge in [-0.25, -0.2) is 8.78 Å². The Bertz CT molecular complexity index is 1280. The summed E-state index contributed by atoms with van der Waals surface area (Å²) in [5, 5.41) is 23.9. The van der Waals surface area contributed by atoms with Gasteiger partial charge in [-0.15, -0.1) is 0 Å². The maximum atomic E-state index is 14.6. The van der Waals surface area contributed by atoms with Gasteiger partial charge in [0, 0.05) is 28.8 Å². The summed E-state index contributed by atoms with van der Waals surface area (Å²) in [5.74, 6) is -2.16. The lowest BCUT2D eigenvalue weighted by atomic mass is 10.1. The molecule has 2 aromatic carbocycles. The van der Waals surface area contributed by atoms with Crippen molar-refractivity contribution < 1.29 is 28.5 Å². The summed E-state index contributed by atoms with van der Waals surface area (Å²) in [7, 11) is 1.38. The molecule has 8 nitrogen and oxygen atoms in total. The zero-order valence-electron chi connectivity index (χ0n) is 18.2. The van der Waals surface area contributed by atoms with Gasteiger partial charge in [-0.2, -0.15) is 0 Å². The number of hydrogen-bond acceptors (Lipinski definition) is 6. The number of nitrogens with zero attached hydrogens (tertiary/aromatic N) is 1. The number of hydrogen-bond donors (Lipinski definition) is 4. The number of halogens is 3. The van der Waals surface area contributed by atoms with E-state index in [1.807, 2.05) is 22.6 Å². The first-order valence-corrected chi connectivity index (χ1v) is 11.2. The molecule has 0 unspecified atom stereocenters. The van der Waals surface area contributed by atoms with Gasteiger partial charge in [0.05, 0.1) is 18.4 Å². The van der Waals surface area contributed by atoms with Gasteiger partial charge in [0.2, 0.25) is 0 Å². The predicted molar refractivity (Wildman–Crippen MR) is 131 cm³/mol. The maximum absolute atomic E-state index is 14.6. The molecule has 0 spiro atoms. The van der Waals surface area contributed by atoms with Crippen LogP contribution in [0.1, 0.15) is 15.9 Å². The second-order valence-corrected chi connectivity index (χ2v) is 8.64. The number of amides is 1. The summed E-state index contributed by atoms with van der Waals surface area (Å²) >= 11 is 1.94. The van der Waals surface area contributed by atoms with E-state index in [2.05, 4.69) is 10.6 Å². The van der Waals surface area contributed by atoms with E-state index in [1.54, 1.807) is 6.07 Å². The average molecular weight is 585 g/mol. The molecule has 1 atom stereocenters. The molecular formula is C23H22F2IN3O5. The Labute approximate surface area is 207 Å². The fraction of sp³-hybridized carbons (Fsp3) is 0.217. The van der Waals surface area contributed by atoms with E-state index in [4.69, 9.17) is 9.84 Å². The molecule has 180 valence electrons. The van der Waals surface area contributed by atoms with Gasteiger partial charge in [-0.1, -0.05) is 6.07 Å². The van der Waals surface area contributed by atoms with Crippen LogP contribution in [0.3, 0.4) is 0 Å². The van der Waals surface area contributed by atoms with Crippen molar-refractivity contribution in [3.63, 3.8) is 0 Å². The fourth-order valence-electron chi connectivity index (χ4n) is 3.02. The molecule has 11 heteroatoms. The van der Waals surface area contributed by atoms with Gasteiger partial charge in [0.15, 0.2) is 0 Å². The van der Waals surface area contributed by atoms with Crippen LogP contribution in [0, 0.1) is 22.1 Å². The minimum atomic E-state index is -1.23. The summed E-state index contributed by atoms with van der Waals surface area (Å²) < 4.78 is 36.1. The van der Waals surface area contributed by atoms with Gasteiger partial charge < -0.3 is 25.6 Å². The number of pyridine rings is 1. The molecule has 4 N–H and O–H groups in total. The Hall–Kier alpha value is -3.03. The number of carbonyl (C=O) groups excluding carboxylic acids is 1. The molecule has 0 aliphatic heterocycles. The van der Waals surface area contributed by atoms with E-state index < -0.39 is 35.8 Å². The first kappa shape index (κ1) is 25.6. The van der Waals surface area contributed by atoms with Crippen LogP contribution in [-0.4, -0.2) is 39.9 Å². The zero-order chi connectivity index (χ0) is 25.0. The molecule has 0 fully saturated rings. The minimum absolute atomic E-state index is 0.000977. The highest BCUT2D eigenvalue weighted by atomic mass is 127. The highest BCUT2D eigenvalue weighted by molar-refractivity contribution is 14.1. The van der Waals surface area contributed by atoms with Crippen molar-refractivity contribution in [2.75, 3.05) is 18.5 Å². The number of rotatable bonds is 8. The van der Waals surface area contributed by atoms with Crippen molar-refractivity contribution >= 4 is 40.0 Å². The summed E-state index contributed by atoms with van der Waals surface area (Å²) in [6, 6.07) is 9.53. The van der Waals surface area contributed by atoms with Gasteiger partial charge in [-0.3, -0.25) is 14.2 Å². The van der Waals surface area contributed by atoms with Crippen molar-refractivity contribution in [3.05, 3.63) is 79.1 Å². The van der Waals surface area contributed by atoms with E-state index in [0.29, 0.717) is 3.57 Å². The molecule has 0 aliphatic rings. The van der Waals surface area contributed by atoms with Crippen LogP contribution in [0.25, 0.3) is 0 Å². The van der Waals surface area contributed by atoms with Crippen LogP contribution in [0.2, 0.25) is 0 Å². The smallest absolute Gasteiger partial charge is 0.258 e. The van der Waals surface area contributed by atoms with E-state index in [0.717, 1.165) is 10.6 Å². The normalized spacial score (nSPS) is 11.7. The zero-order valence-corrected chi connectivity index (χ0v) is 20.4. The third kappa shape index (κ3) is 5.72. The van der Waals surface area contributed by atoms with Gasteiger partial charge in [0.25, 0.3) is 11.5 Å². The molecule has 3 rings (SSSR count). The maximum Gasteiger partial charge on any atom is 0.258 e. The van der Waals surface area contributed by atoms with E-state index in [1.165, 1.54) is 44.3 Å². The predicted octanol–water partition coefficient (Wildman–Crippen LogP) is 3.20. The lowest BCUT2D eigenvalue weighted by Crippen LogP contribution is -2.35. The van der Waals surface area contributed by atoms with E-state index in [9.17, 15) is 23.5 Å². The molecule has 0 saturated carbocycles. The van der Waals surface area contributed by atoms with Crippen molar-refractivity contribution in [1.29, 1.82) is 0 Å². The number of aromatic nitrogens is 1. The SMILES string of the molecule is Cc1c(F)cccc1Oc1cc(=O)n(C)c(Nc2ccc(I)cc2F)c1C(=O)NC[C@@H](O)CO. The van der Waals surface area contributed by atoms with Crippen LogP contribution in [0.4, 0.5) is 20.3 Å². The highest BCUT2D eigenvalue weighted by Gasteiger charge is 2.24. The molecule has 34 heavy (non-hydrogen) atoms. The minimum Gasteiger partial charge on any atom is -0.456 e. The summed E-state index contributed by atoms with van der Waals surface area (Å²) in [4.78, 5) is 25.8. The Balaban J connectivity index is 2.16. The largest absolute Gasteiger partial charge is 0.456 e. The number of nitrogens with one attached hydrogen (secondary N) is 2. The third-order valence-corrected chi connectivity index (χ3v) is 5.63. The summed E-state index contributed by atoms with van der Waals surface area (Å²) in [5.41, 5.74) is -0.611. The van der Waals surface area contributed by atoms with Gasteiger partial charge in [-0.05, 0) is 59.8 Å². The number of benzene rings is 2. The van der Waals surface area contributed by atoms with E-state index in [-0.39, 0.29) is 40.7 Å². The summed E-state index contributed by atoms with van der Waals surface area (Å²) in [6.07, 6.45) is -1.23. The van der Waals surface area contributed by atoms with Gasteiger partial charge >= 0.3 is 0 Å². The van der Waals surface area contributed by atoms with Crippen molar-refractivity contribution in [2.24, 2.45) is 7.05 Å². The number of carbonyl (C=O) groups is 1. The Kier molecular flexibility index (Phi) is 8.23. The fourth-order valence-corrected chi connectivity index (χ4v) is 3.47. The molecule has 0 bridgehead atoms. The quantitative estimate of drug-likeness (QED) is 0.303. The van der Waals surface area contributed by atoms with Crippen molar-refractivity contribution in [2.45, 2.75) is 13.0 Å². The molecule has 1 aromatic heterocycles. The lowest BCUT2D eigenvalue weighted by molar-refractivity contribution is 0.0800. The second kappa shape index (κ2) is 10.9. The molecule has 3 aromatic rings. The third-order valence-electron chi connectivity index (χ3n) is 4.96. The molecule has 1 heterocycles. The van der Waals surface area contributed by atoms with Crippen LogP contribution in [0.5, 0.6) is 11.5 Å². The lowest BCUT2D eigenvalue weighted by Gasteiger charge is -2.20. The number of anilines is 2. The molecule has 0 radical (unpaired) electrons. The number of ether oxygens (including phenoxy) is 1. The number of aliphatic hydroxyl groups is 2. The number of aliphatic hydroxyl groups excluding tert-OH is 2.